The minimum Gasteiger partial charge on any atom is -0.478 e. The van der Waals surface area contributed by atoms with E-state index in [0.717, 1.165) is 7.11 Å². The molecule has 0 radical (unpaired) electrons. The largest absolute Gasteiger partial charge is 0.478 e. The fourth-order valence-electron chi connectivity index (χ4n) is 1.16. The highest BCUT2D eigenvalue weighted by Gasteiger charge is 1.97. The van der Waals surface area contributed by atoms with E-state index in [-0.39, 0.29) is 0 Å². The van der Waals surface area contributed by atoms with E-state index in [1.165, 1.54) is 0 Å². The summed E-state index contributed by atoms with van der Waals surface area (Å²) < 4.78 is 0. The number of carbonyl (C=O) groups is 2. The minimum atomic E-state index is -0.879. The molecular formula is C15H16O5. The van der Waals surface area contributed by atoms with Gasteiger partial charge < -0.3 is 15.3 Å². The molecule has 0 spiro atoms. The Morgan fingerprint density at radius 3 is 1.05 bits per heavy atom. The van der Waals surface area contributed by atoms with Gasteiger partial charge in [0.1, 0.15) is 0 Å². The minimum absolute atomic E-state index is 0.331. The molecular weight excluding hydrogens is 260 g/mol. The van der Waals surface area contributed by atoms with E-state index in [0.29, 0.717) is 11.1 Å². The Hall–Kier alpha value is -2.66. The van der Waals surface area contributed by atoms with Crippen LogP contribution >= 0.6 is 0 Å². The van der Waals surface area contributed by atoms with Gasteiger partial charge in [-0.05, 0) is 24.3 Å². The molecule has 0 aliphatic rings. The zero-order valence-corrected chi connectivity index (χ0v) is 10.9. The van der Waals surface area contributed by atoms with Crippen LogP contribution in [0.5, 0.6) is 0 Å². The van der Waals surface area contributed by atoms with Crippen LogP contribution in [0.2, 0.25) is 0 Å². The Balaban J connectivity index is 0.000000321. The van der Waals surface area contributed by atoms with E-state index in [2.05, 4.69) is 0 Å². The van der Waals surface area contributed by atoms with E-state index in [1.54, 1.807) is 60.7 Å². The van der Waals surface area contributed by atoms with Crippen molar-refractivity contribution in [3.63, 3.8) is 0 Å². The van der Waals surface area contributed by atoms with Crippen molar-refractivity contribution in [1.29, 1.82) is 0 Å². The molecule has 0 aliphatic carbocycles. The zero-order valence-electron chi connectivity index (χ0n) is 10.9. The number of aliphatic hydroxyl groups excluding tert-OH is 1. The number of benzene rings is 2. The number of carboxylic acid groups (broad SMARTS) is 2. The van der Waals surface area contributed by atoms with Crippen molar-refractivity contribution in [1.82, 2.24) is 0 Å². The van der Waals surface area contributed by atoms with Crippen molar-refractivity contribution in [2.24, 2.45) is 0 Å². The van der Waals surface area contributed by atoms with Crippen LogP contribution in [0, 0.1) is 0 Å². The van der Waals surface area contributed by atoms with Gasteiger partial charge in [0.25, 0.3) is 0 Å². The highest BCUT2D eigenvalue weighted by Crippen LogP contribution is 1.96. The molecule has 5 nitrogen and oxygen atoms in total. The normalized spacial score (nSPS) is 8.30. The molecule has 0 heterocycles. The lowest BCUT2D eigenvalue weighted by Crippen LogP contribution is -1.93. The van der Waals surface area contributed by atoms with Crippen LogP contribution in [0.4, 0.5) is 0 Å². The average molecular weight is 276 g/mol. The highest BCUT2D eigenvalue weighted by atomic mass is 16.4. The van der Waals surface area contributed by atoms with Gasteiger partial charge >= 0.3 is 11.9 Å². The molecule has 0 amide bonds. The summed E-state index contributed by atoms with van der Waals surface area (Å²) in [6, 6.07) is 16.6. The maximum Gasteiger partial charge on any atom is 0.335 e. The lowest BCUT2D eigenvalue weighted by atomic mass is 10.2. The fraction of sp³-hybridized carbons (Fsp3) is 0.0667. The van der Waals surface area contributed by atoms with Crippen LogP contribution < -0.4 is 0 Å². The quantitative estimate of drug-likeness (QED) is 0.782. The van der Waals surface area contributed by atoms with Crippen LogP contribution in [0.3, 0.4) is 0 Å². The standard InChI is InChI=1S/2C7H6O2.CH4O/c2*8-7(9)6-4-2-1-3-5-6;1-2/h2*1-5H,(H,8,9);2H,1H3. The number of aromatic carboxylic acids is 2. The maximum absolute atomic E-state index is 10.2. The molecule has 5 heteroatoms. The monoisotopic (exact) mass is 276 g/mol. The molecule has 20 heavy (non-hydrogen) atoms. The molecule has 0 aliphatic heterocycles. The SMILES string of the molecule is CO.O=C(O)c1ccccc1.O=C(O)c1ccccc1. The van der Waals surface area contributed by atoms with Gasteiger partial charge in [0.15, 0.2) is 0 Å². The number of carboxylic acids is 2. The fourth-order valence-corrected chi connectivity index (χ4v) is 1.16. The molecule has 0 unspecified atom stereocenters. The summed E-state index contributed by atoms with van der Waals surface area (Å²) in [6.45, 7) is 0. The van der Waals surface area contributed by atoms with E-state index >= 15 is 0 Å². The summed E-state index contributed by atoms with van der Waals surface area (Å²) in [4.78, 5) is 20.4. The van der Waals surface area contributed by atoms with Crippen molar-refractivity contribution < 1.29 is 24.9 Å². The van der Waals surface area contributed by atoms with Crippen LogP contribution in [-0.2, 0) is 0 Å². The number of rotatable bonds is 2. The second kappa shape index (κ2) is 10.3. The van der Waals surface area contributed by atoms with Gasteiger partial charge in [-0.25, -0.2) is 9.59 Å². The first kappa shape index (κ1) is 17.3. The topological polar surface area (TPSA) is 94.8 Å². The maximum atomic E-state index is 10.2. The lowest BCUT2D eigenvalue weighted by molar-refractivity contribution is 0.0686. The van der Waals surface area contributed by atoms with Gasteiger partial charge in [-0.15, -0.1) is 0 Å². The van der Waals surface area contributed by atoms with Crippen LogP contribution in [0.25, 0.3) is 0 Å². The molecule has 0 saturated carbocycles. The first-order valence-electron chi connectivity index (χ1n) is 5.62. The predicted molar refractivity (Wildman–Crippen MR) is 74.9 cm³/mol. The third kappa shape index (κ3) is 6.93. The van der Waals surface area contributed by atoms with E-state index in [9.17, 15) is 9.59 Å². The molecule has 0 atom stereocenters. The average Bonchev–Trinajstić information content (AvgIpc) is 2.51. The van der Waals surface area contributed by atoms with E-state index < -0.39 is 11.9 Å². The van der Waals surface area contributed by atoms with E-state index in [4.69, 9.17) is 15.3 Å². The van der Waals surface area contributed by atoms with E-state index in [1.807, 2.05) is 0 Å². The van der Waals surface area contributed by atoms with Gasteiger partial charge in [-0.1, -0.05) is 36.4 Å². The summed E-state index contributed by atoms with van der Waals surface area (Å²) in [5.41, 5.74) is 0.662. The van der Waals surface area contributed by atoms with Gasteiger partial charge in [0, 0.05) is 7.11 Å². The second-order valence-electron chi connectivity index (χ2n) is 3.34. The first-order chi connectivity index (χ1) is 9.61. The smallest absolute Gasteiger partial charge is 0.335 e. The molecule has 2 aromatic rings. The summed E-state index contributed by atoms with van der Waals surface area (Å²) in [5.74, 6) is -1.76. The summed E-state index contributed by atoms with van der Waals surface area (Å²) in [5, 5.41) is 23.8. The third-order valence-corrected chi connectivity index (χ3v) is 2.04. The summed E-state index contributed by atoms with van der Waals surface area (Å²) in [6.07, 6.45) is 0. The van der Waals surface area contributed by atoms with Crippen molar-refractivity contribution in [3.05, 3.63) is 71.8 Å². The number of hydrogen-bond acceptors (Lipinski definition) is 3. The van der Waals surface area contributed by atoms with Crippen LogP contribution in [-0.4, -0.2) is 34.4 Å². The molecule has 2 aromatic carbocycles. The summed E-state index contributed by atoms with van der Waals surface area (Å²) >= 11 is 0. The van der Waals surface area contributed by atoms with Gasteiger partial charge in [-0.3, -0.25) is 0 Å². The Bertz CT molecular complexity index is 459. The molecule has 0 fully saturated rings. The Morgan fingerprint density at radius 1 is 0.650 bits per heavy atom. The van der Waals surface area contributed by atoms with Gasteiger partial charge in [-0.2, -0.15) is 0 Å². The predicted octanol–water partition coefficient (Wildman–Crippen LogP) is 2.38. The van der Waals surface area contributed by atoms with Crippen LogP contribution in [0.15, 0.2) is 60.7 Å². The molecule has 3 N–H and O–H groups in total. The molecule has 106 valence electrons. The Morgan fingerprint density at radius 2 is 0.900 bits per heavy atom. The van der Waals surface area contributed by atoms with Crippen molar-refractivity contribution >= 4 is 11.9 Å². The summed E-state index contributed by atoms with van der Waals surface area (Å²) in [7, 11) is 1.00. The van der Waals surface area contributed by atoms with Crippen molar-refractivity contribution in [3.8, 4) is 0 Å². The van der Waals surface area contributed by atoms with Gasteiger partial charge in [0.05, 0.1) is 11.1 Å². The molecule has 0 saturated heterocycles. The number of hydrogen-bond donors (Lipinski definition) is 3. The molecule has 0 aromatic heterocycles. The highest BCUT2D eigenvalue weighted by molar-refractivity contribution is 5.87. The van der Waals surface area contributed by atoms with Crippen molar-refractivity contribution in [2.75, 3.05) is 7.11 Å². The first-order valence-corrected chi connectivity index (χ1v) is 5.62. The third-order valence-electron chi connectivity index (χ3n) is 2.04. The Labute approximate surface area is 116 Å². The lowest BCUT2D eigenvalue weighted by Gasteiger charge is -1.88. The molecule has 2 rings (SSSR count). The second-order valence-corrected chi connectivity index (χ2v) is 3.34. The van der Waals surface area contributed by atoms with Crippen molar-refractivity contribution in [2.45, 2.75) is 0 Å². The molecule has 0 bridgehead atoms. The zero-order chi connectivity index (χ0) is 15.4. The van der Waals surface area contributed by atoms with Crippen LogP contribution in [0.1, 0.15) is 20.7 Å². The number of aliphatic hydroxyl groups is 1. The van der Waals surface area contributed by atoms with Gasteiger partial charge in [0.2, 0.25) is 0 Å². The Kier molecular flexibility index (Phi) is 8.91.